The van der Waals surface area contributed by atoms with Crippen LogP contribution in [0.25, 0.3) is 11.3 Å². The molecule has 1 atom stereocenters. The normalized spacial score (nSPS) is 18.7. The van der Waals surface area contributed by atoms with Crippen LogP contribution in [0.2, 0.25) is 0 Å². The fraction of sp³-hybridized carbons (Fsp3) is 0.353. The minimum Gasteiger partial charge on any atom is -0.493 e. The summed E-state index contributed by atoms with van der Waals surface area (Å²) in [5.41, 5.74) is 2.12. The zero-order chi connectivity index (χ0) is 13.6. The van der Waals surface area contributed by atoms with Crippen molar-refractivity contribution in [3.05, 3.63) is 48.7 Å². The summed E-state index contributed by atoms with van der Waals surface area (Å²) >= 11 is 0. The van der Waals surface area contributed by atoms with E-state index in [9.17, 15) is 0 Å². The van der Waals surface area contributed by atoms with E-state index in [0.29, 0.717) is 5.92 Å². The molecule has 1 unspecified atom stereocenters. The van der Waals surface area contributed by atoms with E-state index in [0.717, 1.165) is 36.7 Å². The largest absolute Gasteiger partial charge is 0.493 e. The Hall–Kier alpha value is -1.87. The van der Waals surface area contributed by atoms with Crippen LogP contribution < -0.4 is 10.1 Å². The topological polar surface area (TPSA) is 34.1 Å². The van der Waals surface area contributed by atoms with Gasteiger partial charge in [-0.2, -0.15) is 0 Å². The lowest BCUT2D eigenvalue weighted by molar-refractivity contribution is 0.218. The third-order valence-corrected chi connectivity index (χ3v) is 3.70. The van der Waals surface area contributed by atoms with E-state index in [1.807, 2.05) is 36.5 Å². The van der Waals surface area contributed by atoms with E-state index in [1.54, 1.807) is 0 Å². The van der Waals surface area contributed by atoms with Crippen LogP contribution in [0.1, 0.15) is 12.8 Å². The number of pyridine rings is 1. The highest BCUT2D eigenvalue weighted by atomic mass is 16.5. The third kappa shape index (κ3) is 3.36. The van der Waals surface area contributed by atoms with Crippen molar-refractivity contribution in [1.29, 1.82) is 0 Å². The maximum atomic E-state index is 5.88. The molecule has 104 valence electrons. The Morgan fingerprint density at radius 3 is 2.75 bits per heavy atom. The van der Waals surface area contributed by atoms with Crippen molar-refractivity contribution >= 4 is 0 Å². The van der Waals surface area contributed by atoms with Gasteiger partial charge in [-0.3, -0.25) is 4.98 Å². The highest BCUT2D eigenvalue weighted by Gasteiger charge is 2.13. The first-order valence-electron chi connectivity index (χ1n) is 7.27. The SMILES string of the molecule is c1ccc(-c2ccc(OCC3CCCNC3)cc2)nc1. The fourth-order valence-corrected chi connectivity index (χ4v) is 2.54. The van der Waals surface area contributed by atoms with Crippen molar-refractivity contribution in [2.75, 3.05) is 19.7 Å². The van der Waals surface area contributed by atoms with E-state index in [4.69, 9.17) is 4.74 Å². The second-order valence-electron chi connectivity index (χ2n) is 5.26. The maximum Gasteiger partial charge on any atom is 0.119 e. The van der Waals surface area contributed by atoms with Crippen LogP contribution in [0, 0.1) is 5.92 Å². The average molecular weight is 268 g/mol. The molecule has 0 spiro atoms. The second kappa shape index (κ2) is 6.53. The Morgan fingerprint density at radius 1 is 1.15 bits per heavy atom. The molecule has 0 bridgehead atoms. The van der Waals surface area contributed by atoms with Gasteiger partial charge in [-0.05, 0) is 55.8 Å². The number of piperidine rings is 1. The number of benzene rings is 1. The Labute approximate surface area is 120 Å². The van der Waals surface area contributed by atoms with E-state index >= 15 is 0 Å². The third-order valence-electron chi connectivity index (χ3n) is 3.70. The number of aromatic nitrogens is 1. The second-order valence-corrected chi connectivity index (χ2v) is 5.26. The number of ether oxygens (including phenoxy) is 1. The predicted molar refractivity (Wildman–Crippen MR) is 80.8 cm³/mol. The average Bonchev–Trinajstić information content (AvgIpc) is 2.55. The number of hydrogen-bond donors (Lipinski definition) is 1. The van der Waals surface area contributed by atoms with Gasteiger partial charge in [-0.1, -0.05) is 6.07 Å². The molecule has 0 saturated carbocycles. The molecule has 1 aliphatic rings. The van der Waals surface area contributed by atoms with Gasteiger partial charge < -0.3 is 10.1 Å². The molecule has 2 aromatic rings. The van der Waals surface area contributed by atoms with Crippen molar-refractivity contribution in [1.82, 2.24) is 10.3 Å². The summed E-state index contributed by atoms with van der Waals surface area (Å²) in [7, 11) is 0. The van der Waals surface area contributed by atoms with Gasteiger partial charge in [-0.25, -0.2) is 0 Å². The Bertz CT molecular complexity index is 518. The van der Waals surface area contributed by atoms with Crippen LogP contribution in [0.15, 0.2) is 48.7 Å². The Morgan fingerprint density at radius 2 is 2.05 bits per heavy atom. The zero-order valence-electron chi connectivity index (χ0n) is 11.6. The number of rotatable bonds is 4. The van der Waals surface area contributed by atoms with Gasteiger partial charge in [0.1, 0.15) is 5.75 Å². The smallest absolute Gasteiger partial charge is 0.119 e. The van der Waals surface area contributed by atoms with Gasteiger partial charge >= 0.3 is 0 Å². The summed E-state index contributed by atoms with van der Waals surface area (Å²) in [5.74, 6) is 1.58. The molecule has 3 rings (SSSR count). The van der Waals surface area contributed by atoms with Crippen molar-refractivity contribution in [3.63, 3.8) is 0 Å². The first kappa shape index (κ1) is 13.1. The van der Waals surface area contributed by atoms with E-state index < -0.39 is 0 Å². The molecular formula is C17H20N2O. The molecular weight excluding hydrogens is 248 g/mol. The van der Waals surface area contributed by atoms with Crippen LogP contribution in [-0.4, -0.2) is 24.7 Å². The summed E-state index contributed by atoms with van der Waals surface area (Å²) in [4.78, 5) is 4.35. The molecule has 3 nitrogen and oxygen atoms in total. The Balaban J connectivity index is 1.58. The first-order valence-corrected chi connectivity index (χ1v) is 7.27. The summed E-state index contributed by atoms with van der Waals surface area (Å²) in [5, 5.41) is 3.41. The monoisotopic (exact) mass is 268 g/mol. The van der Waals surface area contributed by atoms with Crippen molar-refractivity contribution in [2.24, 2.45) is 5.92 Å². The van der Waals surface area contributed by atoms with Crippen LogP contribution in [0.3, 0.4) is 0 Å². The van der Waals surface area contributed by atoms with Gasteiger partial charge in [0.2, 0.25) is 0 Å². The van der Waals surface area contributed by atoms with Crippen molar-refractivity contribution in [2.45, 2.75) is 12.8 Å². The lowest BCUT2D eigenvalue weighted by Crippen LogP contribution is -2.33. The summed E-state index contributed by atoms with van der Waals surface area (Å²) in [6.07, 6.45) is 4.33. The van der Waals surface area contributed by atoms with Gasteiger partial charge in [0.25, 0.3) is 0 Å². The van der Waals surface area contributed by atoms with Crippen LogP contribution >= 0.6 is 0 Å². The van der Waals surface area contributed by atoms with Gasteiger partial charge in [0.15, 0.2) is 0 Å². The molecule has 1 saturated heterocycles. The minimum atomic E-state index is 0.638. The summed E-state index contributed by atoms with van der Waals surface area (Å²) < 4.78 is 5.88. The number of hydrogen-bond acceptors (Lipinski definition) is 3. The molecule has 1 aromatic carbocycles. The van der Waals surface area contributed by atoms with Gasteiger partial charge in [0.05, 0.1) is 12.3 Å². The first-order chi connectivity index (χ1) is 9.92. The van der Waals surface area contributed by atoms with Gasteiger partial charge in [-0.15, -0.1) is 0 Å². The molecule has 2 heterocycles. The molecule has 3 heteroatoms. The van der Waals surface area contributed by atoms with Crippen LogP contribution in [0.5, 0.6) is 5.75 Å². The fourth-order valence-electron chi connectivity index (χ4n) is 2.54. The molecule has 20 heavy (non-hydrogen) atoms. The van der Waals surface area contributed by atoms with E-state index in [-0.39, 0.29) is 0 Å². The lowest BCUT2D eigenvalue weighted by atomic mass is 10.0. The Kier molecular flexibility index (Phi) is 4.28. The van der Waals surface area contributed by atoms with Crippen molar-refractivity contribution < 1.29 is 4.74 Å². The van der Waals surface area contributed by atoms with Crippen LogP contribution in [-0.2, 0) is 0 Å². The van der Waals surface area contributed by atoms with E-state index in [2.05, 4.69) is 22.4 Å². The highest BCUT2D eigenvalue weighted by Crippen LogP contribution is 2.21. The highest BCUT2D eigenvalue weighted by molar-refractivity contribution is 5.59. The zero-order valence-corrected chi connectivity index (χ0v) is 11.6. The van der Waals surface area contributed by atoms with Crippen LogP contribution in [0.4, 0.5) is 0 Å². The molecule has 1 fully saturated rings. The molecule has 1 aliphatic heterocycles. The minimum absolute atomic E-state index is 0.638. The van der Waals surface area contributed by atoms with E-state index in [1.165, 1.54) is 12.8 Å². The molecule has 1 N–H and O–H groups in total. The molecule has 0 amide bonds. The number of nitrogens with zero attached hydrogens (tertiary/aromatic N) is 1. The van der Waals surface area contributed by atoms with Crippen molar-refractivity contribution in [3.8, 4) is 17.0 Å². The molecule has 0 radical (unpaired) electrons. The number of nitrogens with one attached hydrogen (secondary N) is 1. The summed E-state index contributed by atoms with van der Waals surface area (Å²) in [6, 6.07) is 14.1. The molecule has 1 aromatic heterocycles. The summed E-state index contributed by atoms with van der Waals surface area (Å²) in [6.45, 7) is 3.03. The standard InChI is InChI=1S/C17H20N2O/c1-2-11-19-17(5-1)15-6-8-16(9-7-15)20-13-14-4-3-10-18-12-14/h1-2,5-9,11,14,18H,3-4,10,12-13H2. The quantitative estimate of drug-likeness (QED) is 0.925. The lowest BCUT2D eigenvalue weighted by Gasteiger charge is -2.22. The van der Waals surface area contributed by atoms with Gasteiger partial charge in [0, 0.05) is 24.2 Å². The predicted octanol–water partition coefficient (Wildman–Crippen LogP) is 3.13. The molecule has 0 aliphatic carbocycles. The maximum absolute atomic E-state index is 5.88.